The highest BCUT2D eigenvalue weighted by Gasteiger charge is 2.28. The summed E-state index contributed by atoms with van der Waals surface area (Å²) in [6.45, 7) is 0. The second kappa shape index (κ2) is 15.2. The predicted molar refractivity (Wildman–Crippen MR) is 107 cm³/mol. The average Bonchev–Trinajstić information content (AvgIpc) is 2.75. The molecular weight excluding hydrogens is 444 g/mol. The summed E-state index contributed by atoms with van der Waals surface area (Å²) in [6.07, 6.45) is -0.0725. The normalized spacial score (nSPS) is 10.2. The molecule has 0 saturated heterocycles. The first kappa shape index (κ1) is 27.4. The van der Waals surface area contributed by atoms with Crippen LogP contribution in [0.15, 0.2) is 0 Å². The van der Waals surface area contributed by atoms with Gasteiger partial charge in [-0.05, 0) is 0 Å². The van der Waals surface area contributed by atoms with E-state index in [1.54, 1.807) is 21.7 Å². The molecule has 0 radical (unpaired) electrons. The highest BCUT2D eigenvalue weighted by atomic mass is 33.1. The molecule has 0 unspecified atom stereocenters. The molecule has 0 aliphatic carbocycles. The Morgan fingerprint density at radius 1 is 0.567 bits per heavy atom. The van der Waals surface area contributed by atoms with Gasteiger partial charge < -0.3 is 10.6 Å². The molecule has 170 valence electrons. The van der Waals surface area contributed by atoms with Crippen LogP contribution < -0.4 is 55.7 Å². The molecule has 14 N–H and O–H groups in total. The van der Waals surface area contributed by atoms with Crippen LogP contribution in [0.3, 0.4) is 0 Å². The minimum atomic E-state index is -1.57. The van der Waals surface area contributed by atoms with Crippen LogP contribution in [-0.4, -0.2) is 59.0 Å². The number of hydrogen-bond donors (Lipinski definition) is 10. The summed E-state index contributed by atoms with van der Waals surface area (Å²) >= 11 is 0. The van der Waals surface area contributed by atoms with Crippen LogP contribution in [0.25, 0.3) is 0 Å². The molecule has 0 aliphatic rings. The summed E-state index contributed by atoms with van der Waals surface area (Å²) < 4.78 is 0. The van der Waals surface area contributed by atoms with Crippen molar-refractivity contribution in [1.82, 2.24) is 32.3 Å². The van der Waals surface area contributed by atoms with Gasteiger partial charge in [0.2, 0.25) is 11.8 Å². The van der Waals surface area contributed by atoms with Crippen LogP contribution in [0.1, 0.15) is 12.8 Å². The van der Waals surface area contributed by atoms with Gasteiger partial charge in [-0.15, -0.1) is 0 Å². The Morgan fingerprint density at radius 2 is 0.833 bits per heavy atom. The average molecular weight is 469 g/mol. The first-order chi connectivity index (χ1) is 14.2. The minimum Gasteiger partial charge on any atom is -0.336 e. The van der Waals surface area contributed by atoms with Crippen LogP contribution >= 0.6 is 21.6 Å². The van der Waals surface area contributed by atoms with Crippen molar-refractivity contribution in [2.45, 2.75) is 24.9 Å². The molecule has 0 bridgehead atoms. The first-order valence-corrected chi connectivity index (χ1v) is 10.6. The van der Waals surface area contributed by atoms with Crippen molar-refractivity contribution in [1.29, 1.82) is 0 Å². The molecule has 0 aromatic carbocycles. The molecule has 30 heavy (non-hydrogen) atoms. The molecule has 0 spiro atoms. The van der Waals surface area contributed by atoms with Crippen LogP contribution in [0.2, 0.25) is 0 Å². The Hall–Kier alpha value is -2.64. The fraction of sp³-hybridized carbons (Fsp3) is 0.500. The number of rotatable bonds is 13. The second-order valence-corrected chi connectivity index (χ2v) is 7.88. The zero-order chi connectivity index (χ0) is 23.1. The molecular formula is C12H24N10O6S2. The third kappa shape index (κ3) is 10.2. The van der Waals surface area contributed by atoms with E-state index < -0.39 is 47.5 Å². The fourth-order valence-corrected chi connectivity index (χ4v) is 3.67. The van der Waals surface area contributed by atoms with E-state index >= 15 is 0 Å². The fourth-order valence-electron chi connectivity index (χ4n) is 1.69. The highest BCUT2D eigenvalue weighted by molar-refractivity contribution is 8.76. The summed E-state index contributed by atoms with van der Waals surface area (Å²) in [5.74, 6) is 15.4. The molecule has 0 aromatic heterocycles. The topological polar surface area (TPSA) is 279 Å². The largest absolute Gasteiger partial charge is 0.336 e. The Bertz CT molecular complexity index is 565. The first-order valence-electron chi connectivity index (χ1n) is 8.06. The lowest BCUT2D eigenvalue weighted by molar-refractivity contribution is -0.137. The predicted octanol–water partition coefficient (Wildman–Crippen LogP) is -5.92. The maximum Gasteiger partial charge on any atom is 0.266 e. The molecule has 0 atom stereocenters. The van der Waals surface area contributed by atoms with Gasteiger partial charge in [-0.1, -0.05) is 21.6 Å². The van der Waals surface area contributed by atoms with Gasteiger partial charge in [0.05, 0.1) is 0 Å². The summed E-state index contributed by atoms with van der Waals surface area (Å²) in [4.78, 5) is 69.4. The molecule has 0 aliphatic heterocycles. The lowest BCUT2D eigenvalue weighted by atomic mass is 10.2. The maximum absolute atomic E-state index is 11.8. The molecule has 0 heterocycles. The van der Waals surface area contributed by atoms with Crippen molar-refractivity contribution in [3.63, 3.8) is 0 Å². The Morgan fingerprint density at radius 3 is 1.07 bits per heavy atom. The smallest absolute Gasteiger partial charge is 0.266 e. The number of carbonyl (C=O) groups is 6. The second-order valence-electron chi connectivity index (χ2n) is 5.18. The van der Waals surface area contributed by atoms with E-state index in [0.29, 0.717) is 11.5 Å². The molecule has 0 aromatic rings. The third-order valence-electron chi connectivity index (χ3n) is 3.14. The van der Waals surface area contributed by atoms with Gasteiger partial charge in [-0.2, -0.15) is 0 Å². The van der Waals surface area contributed by atoms with Crippen LogP contribution in [0.5, 0.6) is 0 Å². The lowest BCUT2D eigenvalue weighted by Crippen LogP contribution is -2.57. The maximum atomic E-state index is 11.8. The van der Waals surface area contributed by atoms with Crippen molar-refractivity contribution >= 4 is 57.0 Å². The van der Waals surface area contributed by atoms with E-state index in [0.717, 1.165) is 0 Å². The zero-order valence-corrected chi connectivity index (χ0v) is 17.2. The van der Waals surface area contributed by atoms with E-state index in [-0.39, 0.29) is 12.8 Å². The summed E-state index contributed by atoms with van der Waals surface area (Å²) in [6, 6.07) is -3.14. The summed E-state index contributed by atoms with van der Waals surface area (Å²) in [7, 11) is 2.49. The highest BCUT2D eigenvalue weighted by Crippen LogP contribution is 2.22. The van der Waals surface area contributed by atoms with Gasteiger partial charge in [-0.25, -0.2) is 23.4 Å². The number of carbonyl (C=O) groups excluding carboxylic acids is 6. The van der Waals surface area contributed by atoms with Crippen molar-refractivity contribution in [2.24, 2.45) is 23.4 Å². The van der Waals surface area contributed by atoms with E-state index in [1.165, 1.54) is 21.6 Å². The summed E-state index contributed by atoms with van der Waals surface area (Å²) in [5.41, 5.74) is 6.94. The Labute approximate surface area is 178 Å². The van der Waals surface area contributed by atoms with E-state index in [9.17, 15) is 28.8 Å². The molecule has 0 rings (SSSR count). The van der Waals surface area contributed by atoms with Gasteiger partial charge in [0, 0.05) is 24.3 Å². The SMILES string of the molecule is NNC(=O)C(NC(=O)CCSSCCC(=O)NC(C(=O)NN)C(=O)NN)C(=O)NN. The van der Waals surface area contributed by atoms with Gasteiger partial charge in [0.15, 0.2) is 12.1 Å². The number of hydrazine groups is 4. The lowest BCUT2D eigenvalue weighted by Gasteiger charge is -2.15. The number of hydrogen-bond acceptors (Lipinski definition) is 12. The molecule has 6 amide bonds. The van der Waals surface area contributed by atoms with Crippen molar-refractivity contribution in [3.8, 4) is 0 Å². The van der Waals surface area contributed by atoms with Gasteiger partial charge in [0.25, 0.3) is 23.6 Å². The van der Waals surface area contributed by atoms with Gasteiger partial charge in [-0.3, -0.25) is 50.5 Å². The van der Waals surface area contributed by atoms with Crippen molar-refractivity contribution in [3.05, 3.63) is 0 Å². The molecule has 16 nitrogen and oxygen atoms in total. The molecule has 0 saturated carbocycles. The number of nitrogens with one attached hydrogen (secondary N) is 6. The monoisotopic (exact) mass is 468 g/mol. The van der Waals surface area contributed by atoms with E-state index in [2.05, 4.69) is 10.6 Å². The molecule has 18 heteroatoms. The number of nitrogens with two attached hydrogens (primary N) is 4. The summed E-state index contributed by atoms with van der Waals surface area (Å²) in [5, 5.41) is 4.35. The van der Waals surface area contributed by atoms with Crippen LogP contribution in [0, 0.1) is 0 Å². The number of amides is 6. The Kier molecular flexibility index (Phi) is 13.9. The van der Waals surface area contributed by atoms with E-state index in [4.69, 9.17) is 23.4 Å². The van der Waals surface area contributed by atoms with Gasteiger partial charge >= 0.3 is 0 Å². The molecule has 0 fully saturated rings. The van der Waals surface area contributed by atoms with Gasteiger partial charge in [0.1, 0.15) is 0 Å². The van der Waals surface area contributed by atoms with Crippen LogP contribution in [-0.2, 0) is 28.8 Å². The minimum absolute atomic E-state index is 0.0362. The van der Waals surface area contributed by atoms with Crippen LogP contribution in [0.4, 0.5) is 0 Å². The third-order valence-corrected chi connectivity index (χ3v) is 5.54. The van der Waals surface area contributed by atoms with Crippen molar-refractivity contribution in [2.75, 3.05) is 11.5 Å². The van der Waals surface area contributed by atoms with E-state index in [1.807, 2.05) is 0 Å². The Balaban J connectivity index is 4.20. The van der Waals surface area contributed by atoms with Crippen molar-refractivity contribution < 1.29 is 28.8 Å². The zero-order valence-electron chi connectivity index (χ0n) is 15.6. The quantitative estimate of drug-likeness (QED) is 0.0302. The standard InChI is InChI=1S/C12H24N10O6S2/c13-19-9(25)7(10(26)20-14)17-5(23)1-3-29-30-4-2-6(24)18-8(11(27)21-15)12(28)22-16/h7-8H,1-4,13-16H2,(H,17,23)(H,18,24)(H,19,25)(H,20,26)(H,21,27)(H,22,28).